The van der Waals surface area contributed by atoms with Crippen LogP contribution in [0.1, 0.15) is 23.1 Å². The molecule has 0 spiro atoms. The first-order valence-electron chi connectivity index (χ1n) is 10.0. The number of anilines is 2. The number of aryl methyl sites for hydroxylation is 1. The lowest BCUT2D eigenvalue weighted by atomic mass is 10.1. The van der Waals surface area contributed by atoms with Crippen LogP contribution in [0.3, 0.4) is 0 Å². The van der Waals surface area contributed by atoms with Gasteiger partial charge in [0.2, 0.25) is 0 Å². The van der Waals surface area contributed by atoms with E-state index < -0.39 is 10.8 Å². The van der Waals surface area contributed by atoms with Crippen molar-refractivity contribution in [3.05, 3.63) is 75.8 Å². The van der Waals surface area contributed by atoms with Crippen LogP contribution < -0.4 is 10.2 Å². The molecule has 4 nitrogen and oxygen atoms in total. The Balaban J connectivity index is 1.50. The molecule has 0 bridgehead atoms. The van der Waals surface area contributed by atoms with Crippen LogP contribution in [-0.2, 0) is 17.3 Å². The summed E-state index contributed by atoms with van der Waals surface area (Å²) in [5.41, 5.74) is 5.37. The van der Waals surface area contributed by atoms with Crippen molar-refractivity contribution in [3.63, 3.8) is 0 Å². The lowest BCUT2D eigenvalue weighted by Crippen LogP contribution is -2.28. The number of hydrogen-bond donors (Lipinski definition) is 2. The van der Waals surface area contributed by atoms with Crippen LogP contribution in [-0.4, -0.2) is 22.4 Å². The summed E-state index contributed by atoms with van der Waals surface area (Å²) in [6, 6.07) is 17.7. The summed E-state index contributed by atoms with van der Waals surface area (Å²) in [5, 5.41) is 13.6. The van der Waals surface area contributed by atoms with Gasteiger partial charge in [0, 0.05) is 18.7 Å². The minimum Gasteiger partial charge on any atom is -0.506 e. The highest BCUT2D eigenvalue weighted by Crippen LogP contribution is 2.44. The predicted molar refractivity (Wildman–Crippen MR) is 126 cm³/mol. The van der Waals surface area contributed by atoms with E-state index in [1.54, 1.807) is 0 Å². The van der Waals surface area contributed by atoms with Gasteiger partial charge in [-0.05, 0) is 78.1 Å². The number of aromatic hydroxyl groups is 1. The Morgan fingerprint density at radius 3 is 2.67 bits per heavy atom. The van der Waals surface area contributed by atoms with Crippen LogP contribution in [0.25, 0.3) is 0 Å². The molecule has 3 aromatic rings. The van der Waals surface area contributed by atoms with Gasteiger partial charge in [-0.15, -0.1) is 0 Å². The second-order valence-electron chi connectivity index (χ2n) is 7.52. The Morgan fingerprint density at radius 1 is 1.03 bits per heavy atom. The molecule has 2 N–H and O–H groups in total. The standard InChI is InChI=1S/C24H25BrN2O2S/c1-16-11-12-22-23(17(16)2)27(20-9-3-4-10-21(20)30(22)29)14-6-13-26-15-18-7-5-8-19(25)24(18)28/h3-5,7-12,26,28H,6,13-15H2,1-2H3. The number of nitrogens with zero attached hydrogens (tertiary/aromatic N) is 1. The van der Waals surface area contributed by atoms with Gasteiger partial charge in [0.15, 0.2) is 0 Å². The lowest BCUT2D eigenvalue weighted by Gasteiger charge is -2.34. The number of nitrogens with one attached hydrogen (secondary N) is 1. The monoisotopic (exact) mass is 484 g/mol. The van der Waals surface area contributed by atoms with Crippen LogP contribution in [0, 0.1) is 13.8 Å². The molecular formula is C24H25BrN2O2S. The summed E-state index contributed by atoms with van der Waals surface area (Å²) in [7, 11) is -1.16. The Hall–Kier alpha value is -2.15. The Kier molecular flexibility index (Phi) is 6.27. The van der Waals surface area contributed by atoms with Gasteiger partial charge in [0.25, 0.3) is 0 Å². The molecule has 156 valence electrons. The zero-order valence-electron chi connectivity index (χ0n) is 17.1. The first kappa shape index (κ1) is 21.1. The molecule has 1 heterocycles. The molecule has 1 aliphatic rings. The third-order valence-corrected chi connectivity index (χ3v) is 7.72. The Morgan fingerprint density at radius 2 is 1.83 bits per heavy atom. The van der Waals surface area contributed by atoms with Crippen molar-refractivity contribution in [1.82, 2.24) is 5.32 Å². The van der Waals surface area contributed by atoms with Crippen molar-refractivity contribution < 1.29 is 9.32 Å². The molecule has 0 saturated carbocycles. The molecule has 6 heteroatoms. The second-order valence-corrected chi connectivity index (χ2v) is 9.79. The zero-order chi connectivity index (χ0) is 21.3. The molecule has 3 aromatic carbocycles. The number of halogens is 1. The van der Waals surface area contributed by atoms with Crippen molar-refractivity contribution in [1.29, 1.82) is 0 Å². The largest absolute Gasteiger partial charge is 0.506 e. The van der Waals surface area contributed by atoms with E-state index in [9.17, 15) is 9.32 Å². The molecule has 1 aliphatic heterocycles. The minimum absolute atomic E-state index is 0.289. The van der Waals surface area contributed by atoms with Crippen LogP contribution in [0.15, 0.2) is 68.9 Å². The molecule has 0 amide bonds. The second kappa shape index (κ2) is 8.92. The summed E-state index contributed by atoms with van der Waals surface area (Å²) >= 11 is 3.36. The number of fused-ring (bicyclic) bond motifs is 2. The summed E-state index contributed by atoms with van der Waals surface area (Å²) in [4.78, 5) is 4.08. The van der Waals surface area contributed by atoms with E-state index in [2.05, 4.69) is 52.1 Å². The van der Waals surface area contributed by atoms with Gasteiger partial charge in [-0.1, -0.05) is 30.3 Å². The van der Waals surface area contributed by atoms with E-state index in [4.69, 9.17) is 0 Å². The fourth-order valence-corrected chi connectivity index (χ4v) is 5.70. The number of phenolic OH excluding ortho intramolecular Hbond substituents is 1. The molecule has 1 atom stereocenters. The maximum Gasteiger partial charge on any atom is 0.134 e. The number of para-hydroxylation sites is 2. The van der Waals surface area contributed by atoms with Crippen molar-refractivity contribution in [2.24, 2.45) is 0 Å². The van der Waals surface area contributed by atoms with Gasteiger partial charge in [0.05, 0.1) is 36.4 Å². The molecule has 0 radical (unpaired) electrons. The normalized spacial score (nSPS) is 15.0. The fourth-order valence-electron chi connectivity index (χ4n) is 3.86. The Bertz CT molecular complexity index is 1120. The van der Waals surface area contributed by atoms with Gasteiger partial charge < -0.3 is 15.3 Å². The molecule has 4 rings (SSSR count). The fraction of sp³-hybridized carbons (Fsp3) is 0.250. The van der Waals surface area contributed by atoms with Crippen molar-refractivity contribution in [2.75, 3.05) is 18.0 Å². The molecule has 0 aliphatic carbocycles. The maximum atomic E-state index is 13.2. The number of phenols is 1. The maximum absolute atomic E-state index is 13.2. The highest BCUT2D eigenvalue weighted by Gasteiger charge is 2.29. The molecule has 0 fully saturated rings. The Labute approximate surface area is 188 Å². The first-order chi connectivity index (χ1) is 14.5. The van der Waals surface area contributed by atoms with Gasteiger partial charge >= 0.3 is 0 Å². The summed E-state index contributed by atoms with van der Waals surface area (Å²) in [6.45, 7) is 6.46. The van der Waals surface area contributed by atoms with Crippen LogP contribution in [0.2, 0.25) is 0 Å². The average Bonchev–Trinajstić information content (AvgIpc) is 2.75. The quantitative estimate of drug-likeness (QED) is 0.449. The van der Waals surface area contributed by atoms with Crippen molar-refractivity contribution >= 4 is 38.1 Å². The lowest BCUT2D eigenvalue weighted by molar-refractivity contribution is 0.461. The van der Waals surface area contributed by atoms with Gasteiger partial charge in [0.1, 0.15) is 5.75 Å². The van der Waals surface area contributed by atoms with E-state index in [1.807, 2.05) is 42.5 Å². The van der Waals surface area contributed by atoms with E-state index in [1.165, 1.54) is 11.1 Å². The third kappa shape index (κ3) is 3.92. The van der Waals surface area contributed by atoms with Gasteiger partial charge in [-0.2, -0.15) is 0 Å². The minimum atomic E-state index is -1.16. The first-order valence-corrected chi connectivity index (χ1v) is 12.0. The smallest absolute Gasteiger partial charge is 0.134 e. The van der Waals surface area contributed by atoms with E-state index >= 15 is 0 Å². The van der Waals surface area contributed by atoms with Crippen LogP contribution in [0.5, 0.6) is 5.75 Å². The van der Waals surface area contributed by atoms with Gasteiger partial charge in [-0.25, -0.2) is 4.21 Å². The SMILES string of the molecule is Cc1ccc2c(c1C)N(CCCNCc1cccc(Br)c1O)c1ccccc1S2=O. The predicted octanol–water partition coefficient (Wildman–Crippen LogP) is 5.57. The number of hydrogen-bond acceptors (Lipinski definition) is 4. The van der Waals surface area contributed by atoms with Gasteiger partial charge in [-0.3, -0.25) is 0 Å². The highest BCUT2D eigenvalue weighted by atomic mass is 79.9. The number of rotatable bonds is 6. The highest BCUT2D eigenvalue weighted by molar-refractivity contribution is 9.10. The summed E-state index contributed by atoms with van der Waals surface area (Å²) in [5.74, 6) is 0.289. The van der Waals surface area contributed by atoms with Crippen LogP contribution in [0.4, 0.5) is 11.4 Å². The van der Waals surface area contributed by atoms with Crippen LogP contribution >= 0.6 is 15.9 Å². The summed E-state index contributed by atoms with van der Waals surface area (Å²) in [6.07, 6.45) is 0.919. The molecule has 0 saturated heterocycles. The van der Waals surface area contributed by atoms with Crippen molar-refractivity contribution in [3.8, 4) is 5.75 Å². The average molecular weight is 485 g/mol. The molecule has 1 unspecified atom stereocenters. The molecular weight excluding hydrogens is 460 g/mol. The zero-order valence-corrected chi connectivity index (χ0v) is 19.5. The summed E-state index contributed by atoms with van der Waals surface area (Å²) < 4.78 is 13.9. The molecule has 0 aromatic heterocycles. The number of benzene rings is 3. The van der Waals surface area contributed by atoms with E-state index in [-0.39, 0.29) is 5.75 Å². The van der Waals surface area contributed by atoms with E-state index in [0.29, 0.717) is 11.0 Å². The molecule has 30 heavy (non-hydrogen) atoms. The topological polar surface area (TPSA) is 52.6 Å². The van der Waals surface area contributed by atoms with Crippen molar-refractivity contribution in [2.45, 2.75) is 36.6 Å². The van der Waals surface area contributed by atoms with E-state index in [0.717, 1.165) is 46.2 Å². The third-order valence-electron chi connectivity index (χ3n) is 5.61.